The van der Waals surface area contributed by atoms with Crippen molar-refractivity contribution >= 4 is 0 Å². The SMILES string of the molecule is CC[C@H]1OC(O)[C@@H](F)[C@@H]1C. The molecule has 0 aromatic rings. The van der Waals surface area contributed by atoms with Gasteiger partial charge in [-0.25, -0.2) is 4.39 Å². The van der Waals surface area contributed by atoms with Crippen molar-refractivity contribution in [2.75, 3.05) is 0 Å². The first kappa shape index (κ1) is 7.95. The van der Waals surface area contributed by atoms with Crippen LogP contribution in [0.25, 0.3) is 0 Å². The zero-order valence-corrected chi connectivity index (χ0v) is 6.25. The summed E-state index contributed by atoms with van der Waals surface area (Å²) in [6.45, 7) is 3.68. The highest BCUT2D eigenvalue weighted by molar-refractivity contribution is 4.82. The average Bonchev–Trinajstić information content (AvgIpc) is 2.17. The van der Waals surface area contributed by atoms with E-state index in [2.05, 4.69) is 0 Å². The number of hydrogen-bond donors (Lipinski definition) is 1. The number of hydrogen-bond acceptors (Lipinski definition) is 2. The van der Waals surface area contributed by atoms with E-state index in [-0.39, 0.29) is 12.0 Å². The third-order valence-electron chi connectivity index (χ3n) is 2.08. The standard InChI is InChI=1S/C7H13FO2/c1-3-5-4(2)6(8)7(9)10-5/h4-7,9H,3H2,1-2H3/t4-,5-,6+,7?/m1/s1. The molecule has 1 heterocycles. The molecule has 1 rings (SSSR count). The molecular weight excluding hydrogens is 135 g/mol. The van der Waals surface area contributed by atoms with Gasteiger partial charge in [0.05, 0.1) is 6.10 Å². The Morgan fingerprint density at radius 3 is 2.40 bits per heavy atom. The van der Waals surface area contributed by atoms with E-state index in [1.807, 2.05) is 6.92 Å². The lowest BCUT2D eigenvalue weighted by molar-refractivity contribution is -0.112. The lowest BCUT2D eigenvalue weighted by atomic mass is 10.0. The summed E-state index contributed by atoms with van der Waals surface area (Å²) in [5, 5.41) is 8.87. The van der Waals surface area contributed by atoms with Crippen molar-refractivity contribution in [3.8, 4) is 0 Å². The summed E-state index contributed by atoms with van der Waals surface area (Å²) in [6, 6.07) is 0. The van der Waals surface area contributed by atoms with Gasteiger partial charge in [-0.3, -0.25) is 0 Å². The topological polar surface area (TPSA) is 29.5 Å². The molecule has 3 heteroatoms. The Kier molecular flexibility index (Phi) is 2.26. The van der Waals surface area contributed by atoms with Crippen LogP contribution in [0.5, 0.6) is 0 Å². The fraction of sp³-hybridized carbons (Fsp3) is 1.00. The summed E-state index contributed by atoms with van der Waals surface area (Å²) in [6.07, 6.45) is -1.74. The van der Waals surface area contributed by atoms with Crippen molar-refractivity contribution in [3.63, 3.8) is 0 Å². The van der Waals surface area contributed by atoms with E-state index in [9.17, 15) is 4.39 Å². The minimum Gasteiger partial charge on any atom is -0.366 e. The third kappa shape index (κ3) is 1.16. The molecule has 1 aliphatic rings. The maximum absolute atomic E-state index is 12.8. The first-order chi connectivity index (χ1) is 4.66. The van der Waals surface area contributed by atoms with Gasteiger partial charge in [0.1, 0.15) is 0 Å². The van der Waals surface area contributed by atoms with Gasteiger partial charge in [0.25, 0.3) is 0 Å². The number of alkyl halides is 1. The van der Waals surface area contributed by atoms with Crippen molar-refractivity contribution in [1.29, 1.82) is 0 Å². The lowest BCUT2D eigenvalue weighted by Gasteiger charge is -2.10. The van der Waals surface area contributed by atoms with Gasteiger partial charge in [0.2, 0.25) is 0 Å². The summed E-state index contributed by atoms with van der Waals surface area (Å²) in [7, 11) is 0. The molecule has 4 atom stereocenters. The van der Waals surface area contributed by atoms with Crippen LogP contribution in [0, 0.1) is 5.92 Å². The number of ether oxygens (including phenoxy) is 1. The molecule has 0 radical (unpaired) electrons. The molecule has 1 fully saturated rings. The van der Waals surface area contributed by atoms with E-state index in [1.165, 1.54) is 0 Å². The second-order valence-corrected chi connectivity index (χ2v) is 2.78. The molecule has 0 amide bonds. The van der Waals surface area contributed by atoms with Crippen LogP contribution in [0.15, 0.2) is 0 Å². The van der Waals surface area contributed by atoms with Crippen molar-refractivity contribution in [2.24, 2.45) is 5.92 Å². The van der Waals surface area contributed by atoms with Crippen LogP contribution in [0.4, 0.5) is 4.39 Å². The number of halogens is 1. The molecule has 60 valence electrons. The van der Waals surface area contributed by atoms with Crippen LogP contribution in [-0.4, -0.2) is 23.7 Å². The van der Waals surface area contributed by atoms with Crippen LogP contribution in [0.3, 0.4) is 0 Å². The maximum atomic E-state index is 12.8. The Balaban J connectivity index is 2.53. The summed E-state index contributed by atoms with van der Waals surface area (Å²) >= 11 is 0. The second-order valence-electron chi connectivity index (χ2n) is 2.78. The maximum Gasteiger partial charge on any atom is 0.186 e. The van der Waals surface area contributed by atoms with E-state index in [4.69, 9.17) is 9.84 Å². The smallest absolute Gasteiger partial charge is 0.186 e. The van der Waals surface area contributed by atoms with E-state index in [0.29, 0.717) is 0 Å². The average molecular weight is 148 g/mol. The summed E-state index contributed by atoms with van der Waals surface area (Å²) in [4.78, 5) is 0. The Morgan fingerprint density at radius 1 is 1.60 bits per heavy atom. The van der Waals surface area contributed by atoms with E-state index in [0.717, 1.165) is 6.42 Å². The highest BCUT2D eigenvalue weighted by atomic mass is 19.1. The zero-order valence-electron chi connectivity index (χ0n) is 6.25. The minimum atomic E-state index is -1.20. The fourth-order valence-electron chi connectivity index (χ4n) is 1.31. The largest absolute Gasteiger partial charge is 0.366 e. The summed E-state index contributed by atoms with van der Waals surface area (Å²) in [5.41, 5.74) is 0. The molecule has 0 aliphatic carbocycles. The number of aliphatic hydroxyl groups excluding tert-OH is 1. The molecule has 0 spiro atoms. The molecule has 1 N–H and O–H groups in total. The predicted octanol–water partition coefficient (Wildman–Crippen LogP) is 1.09. The quantitative estimate of drug-likeness (QED) is 0.603. The molecule has 0 saturated carbocycles. The Labute approximate surface area is 60.0 Å². The van der Waals surface area contributed by atoms with Crippen molar-refractivity contribution in [2.45, 2.75) is 38.8 Å². The zero-order chi connectivity index (χ0) is 7.72. The van der Waals surface area contributed by atoms with Gasteiger partial charge in [-0.1, -0.05) is 13.8 Å². The van der Waals surface area contributed by atoms with Crippen molar-refractivity contribution < 1.29 is 14.2 Å². The van der Waals surface area contributed by atoms with E-state index >= 15 is 0 Å². The van der Waals surface area contributed by atoms with E-state index in [1.54, 1.807) is 6.92 Å². The summed E-state index contributed by atoms with van der Waals surface area (Å²) in [5.74, 6) is -0.167. The predicted molar refractivity (Wildman–Crippen MR) is 35.2 cm³/mol. The van der Waals surface area contributed by atoms with Crippen molar-refractivity contribution in [1.82, 2.24) is 0 Å². The molecular formula is C7H13FO2. The Morgan fingerprint density at radius 2 is 2.20 bits per heavy atom. The molecule has 0 aromatic heterocycles. The van der Waals surface area contributed by atoms with Gasteiger partial charge >= 0.3 is 0 Å². The highest BCUT2D eigenvalue weighted by Gasteiger charge is 2.39. The van der Waals surface area contributed by atoms with E-state index < -0.39 is 12.5 Å². The normalized spacial score (nSPS) is 48.0. The minimum absolute atomic E-state index is 0.106. The van der Waals surface area contributed by atoms with Crippen LogP contribution in [0.2, 0.25) is 0 Å². The van der Waals surface area contributed by atoms with Gasteiger partial charge in [0, 0.05) is 5.92 Å². The van der Waals surface area contributed by atoms with Crippen LogP contribution in [-0.2, 0) is 4.74 Å². The second kappa shape index (κ2) is 2.84. The van der Waals surface area contributed by atoms with Gasteiger partial charge < -0.3 is 9.84 Å². The number of rotatable bonds is 1. The fourth-order valence-corrected chi connectivity index (χ4v) is 1.31. The van der Waals surface area contributed by atoms with Crippen LogP contribution >= 0.6 is 0 Å². The van der Waals surface area contributed by atoms with Gasteiger partial charge in [-0.2, -0.15) is 0 Å². The van der Waals surface area contributed by atoms with Crippen LogP contribution < -0.4 is 0 Å². The Bertz CT molecular complexity index is 118. The first-order valence-corrected chi connectivity index (χ1v) is 3.64. The first-order valence-electron chi connectivity index (χ1n) is 3.64. The summed E-state index contributed by atoms with van der Waals surface area (Å²) < 4.78 is 17.7. The van der Waals surface area contributed by atoms with Gasteiger partial charge in [-0.15, -0.1) is 0 Å². The molecule has 1 unspecified atom stereocenters. The molecule has 10 heavy (non-hydrogen) atoms. The van der Waals surface area contributed by atoms with Gasteiger partial charge in [-0.05, 0) is 6.42 Å². The highest BCUT2D eigenvalue weighted by Crippen LogP contribution is 2.29. The van der Waals surface area contributed by atoms with Crippen molar-refractivity contribution in [3.05, 3.63) is 0 Å². The molecule has 1 aliphatic heterocycles. The lowest BCUT2D eigenvalue weighted by Crippen LogP contribution is -2.20. The van der Waals surface area contributed by atoms with Crippen LogP contribution in [0.1, 0.15) is 20.3 Å². The molecule has 0 bridgehead atoms. The van der Waals surface area contributed by atoms with Gasteiger partial charge in [0.15, 0.2) is 12.5 Å². The molecule has 2 nitrogen and oxygen atoms in total. The Hall–Kier alpha value is -0.150. The third-order valence-corrected chi connectivity index (χ3v) is 2.08. The monoisotopic (exact) mass is 148 g/mol. The molecule has 1 saturated heterocycles. The molecule has 0 aromatic carbocycles. The number of aliphatic hydroxyl groups is 1.